The summed E-state index contributed by atoms with van der Waals surface area (Å²) in [5.41, 5.74) is 0.436. The van der Waals surface area contributed by atoms with Gasteiger partial charge in [-0.25, -0.2) is 4.68 Å². The number of nitrogens with one attached hydrogen (secondary N) is 1. The topological polar surface area (TPSA) is 80.1 Å². The molecule has 0 aromatic carbocycles. The van der Waals surface area contributed by atoms with Crippen molar-refractivity contribution < 1.29 is 9.59 Å². The van der Waals surface area contributed by atoms with Gasteiger partial charge in [-0.3, -0.25) is 9.59 Å². The first-order chi connectivity index (χ1) is 9.97. The van der Waals surface area contributed by atoms with Crippen LogP contribution in [0.3, 0.4) is 0 Å². The number of fused-ring (bicyclic) bond motifs is 1. The van der Waals surface area contributed by atoms with Gasteiger partial charge in [0, 0.05) is 19.1 Å². The van der Waals surface area contributed by atoms with Crippen LogP contribution in [0.4, 0.5) is 0 Å². The lowest BCUT2D eigenvalue weighted by Crippen LogP contribution is -2.46. The molecule has 7 heteroatoms. The summed E-state index contributed by atoms with van der Waals surface area (Å²) in [6.07, 6.45) is 0.879. The Morgan fingerprint density at radius 3 is 2.67 bits per heavy atom. The number of aromatic nitrogens is 3. The summed E-state index contributed by atoms with van der Waals surface area (Å²) in [5, 5.41) is 10.9. The summed E-state index contributed by atoms with van der Waals surface area (Å²) in [5.74, 6) is -0.0109. The second-order valence-corrected chi connectivity index (χ2v) is 5.75. The van der Waals surface area contributed by atoms with Crippen LogP contribution in [-0.2, 0) is 6.54 Å². The van der Waals surface area contributed by atoms with E-state index in [4.69, 9.17) is 0 Å². The van der Waals surface area contributed by atoms with Gasteiger partial charge in [0.1, 0.15) is 0 Å². The van der Waals surface area contributed by atoms with E-state index in [1.807, 2.05) is 13.8 Å². The first-order valence-corrected chi connectivity index (χ1v) is 7.51. The second-order valence-electron chi connectivity index (χ2n) is 5.75. The number of amides is 2. The van der Waals surface area contributed by atoms with Crippen molar-refractivity contribution in [1.29, 1.82) is 0 Å². The summed E-state index contributed by atoms with van der Waals surface area (Å²) < 4.78 is 1.56. The molecule has 21 heavy (non-hydrogen) atoms. The highest BCUT2D eigenvalue weighted by Crippen LogP contribution is 2.17. The first-order valence-electron chi connectivity index (χ1n) is 7.51. The lowest BCUT2D eigenvalue weighted by Gasteiger charge is -2.26. The summed E-state index contributed by atoms with van der Waals surface area (Å²) in [7, 11) is 0. The largest absolute Gasteiger partial charge is 0.346 e. The van der Waals surface area contributed by atoms with Crippen LogP contribution in [0.5, 0.6) is 0 Å². The molecule has 1 N–H and O–H groups in total. The lowest BCUT2D eigenvalue weighted by molar-refractivity contribution is 0.0755. The molecule has 2 heterocycles. The van der Waals surface area contributed by atoms with Gasteiger partial charge in [-0.15, -0.1) is 5.10 Å². The van der Waals surface area contributed by atoms with Crippen LogP contribution in [0.25, 0.3) is 0 Å². The van der Waals surface area contributed by atoms with Crippen molar-refractivity contribution >= 4 is 11.8 Å². The van der Waals surface area contributed by atoms with Gasteiger partial charge in [0.05, 0.1) is 6.54 Å². The third kappa shape index (κ3) is 3.06. The van der Waals surface area contributed by atoms with Crippen LogP contribution in [-0.4, -0.2) is 50.8 Å². The maximum Gasteiger partial charge on any atom is 0.276 e. The third-order valence-corrected chi connectivity index (χ3v) is 3.69. The molecule has 116 valence electrons. The van der Waals surface area contributed by atoms with E-state index in [0.29, 0.717) is 25.6 Å². The molecule has 1 aliphatic rings. The van der Waals surface area contributed by atoms with Gasteiger partial charge in [0.25, 0.3) is 11.8 Å². The standard InChI is InChI=1S/C14H23N5O2/c1-5-18(6-2)14(21)11-12-13(20)15-10(7-9(3)4)8-19(12)17-16-11/h9-10H,5-8H2,1-4H3,(H,15,20)/t10-/m0/s1. The van der Waals surface area contributed by atoms with Gasteiger partial charge in [-0.05, 0) is 26.2 Å². The molecule has 0 saturated carbocycles. The van der Waals surface area contributed by atoms with E-state index in [-0.39, 0.29) is 29.2 Å². The maximum absolute atomic E-state index is 12.4. The molecule has 0 spiro atoms. The smallest absolute Gasteiger partial charge is 0.276 e. The van der Waals surface area contributed by atoms with E-state index < -0.39 is 0 Å². The Morgan fingerprint density at radius 1 is 1.43 bits per heavy atom. The van der Waals surface area contributed by atoms with Crippen LogP contribution in [0.2, 0.25) is 0 Å². The van der Waals surface area contributed by atoms with Gasteiger partial charge >= 0.3 is 0 Å². The molecular formula is C14H23N5O2. The first kappa shape index (κ1) is 15.5. The fourth-order valence-electron chi connectivity index (χ4n) is 2.68. The molecule has 2 amide bonds. The second kappa shape index (κ2) is 6.24. The van der Waals surface area contributed by atoms with Crippen molar-refractivity contribution in [2.45, 2.75) is 46.7 Å². The number of carbonyl (C=O) groups is 2. The molecule has 1 aromatic rings. The van der Waals surface area contributed by atoms with E-state index in [2.05, 4.69) is 29.5 Å². The Kier molecular flexibility index (Phi) is 4.59. The van der Waals surface area contributed by atoms with E-state index in [0.717, 1.165) is 6.42 Å². The minimum atomic E-state index is -0.257. The number of nitrogens with zero attached hydrogens (tertiary/aromatic N) is 4. The van der Waals surface area contributed by atoms with Gasteiger partial charge < -0.3 is 10.2 Å². The zero-order chi connectivity index (χ0) is 15.6. The molecule has 0 aliphatic carbocycles. The SMILES string of the molecule is CCN(CC)C(=O)c1nnn2c1C(=O)N[C@@H](CC(C)C)C2. The summed E-state index contributed by atoms with van der Waals surface area (Å²) in [6, 6.07) is 0.0445. The van der Waals surface area contributed by atoms with Crippen molar-refractivity contribution in [2.24, 2.45) is 5.92 Å². The summed E-state index contributed by atoms with van der Waals surface area (Å²) in [4.78, 5) is 26.3. The molecular weight excluding hydrogens is 270 g/mol. The van der Waals surface area contributed by atoms with Crippen LogP contribution in [0.15, 0.2) is 0 Å². The monoisotopic (exact) mass is 293 g/mol. The van der Waals surface area contributed by atoms with Crippen molar-refractivity contribution in [2.75, 3.05) is 13.1 Å². The lowest BCUT2D eigenvalue weighted by atomic mass is 10.0. The third-order valence-electron chi connectivity index (χ3n) is 3.69. The van der Waals surface area contributed by atoms with Gasteiger partial charge in [0.15, 0.2) is 11.4 Å². The molecule has 0 saturated heterocycles. The van der Waals surface area contributed by atoms with Crippen LogP contribution < -0.4 is 5.32 Å². The van der Waals surface area contributed by atoms with Crippen LogP contribution >= 0.6 is 0 Å². The molecule has 0 fully saturated rings. The van der Waals surface area contributed by atoms with Crippen LogP contribution in [0.1, 0.15) is 55.1 Å². The molecule has 0 bridgehead atoms. The fourth-order valence-corrected chi connectivity index (χ4v) is 2.68. The van der Waals surface area contributed by atoms with E-state index in [1.54, 1.807) is 9.58 Å². The van der Waals surface area contributed by atoms with Gasteiger partial charge in [0.2, 0.25) is 0 Å². The number of rotatable bonds is 5. The maximum atomic E-state index is 12.4. The highest BCUT2D eigenvalue weighted by molar-refractivity contribution is 6.05. The Morgan fingerprint density at radius 2 is 2.10 bits per heavy atom. The molecule has 0 radical (unpaired) electrons. The minimum absolute atomic E-state index is 0.0445. The van der Waals surface area contributed by atoms with Gasteiger partial charge in [-0.2, -0.15) is 0 Å². The number of hydrogen-bond acceptors (Lipinski definition) is 4. The Balaban J connectivity index is 2.26. The average Bonchev–Trinajstić information content (AvgIpc) is 2.83. The van der Waals surface area contributed by atoms with Crippen molar-refractivity contribution in [3.05, 3.63) is 11.4 Å². The predicted octanol–water partition coefficient (Wildman–Crippen LogP) is 0.918. The minimum Gasteiger partial charge on any atom is -0.346 e. The highest BCUT2D eigenvalue weighted by Gasteiger charge is 2.33. The molecule has 1 aliphatic heterocycles. The number of hydrogen-bond donors (Lipinski definition) is 1. The number of carbonyl (C=O) groups excluding carboxylic acids is 2. The molecule has 7 nitrogen and oxygen atoms in total. The van der Waals surface area contributed by atoms with Crippen molar-refractivity contribution in [3.63, 3.8) is 0 Å². The van der Waals surface area contributed by atoms with E-state index >= 15 is 0 Å². The Bertz CT molecular complexity index is 533. The quantitative estimate of drug-likeness (QED) is 0.875. The zero-order valence-electron chi connectivity index (χ0n) is 13.1. The van der Waals surface area contributed by atoms with E-state index in [9.17, 15) is 9.59 Å². The Hall–Kier alpha value is -1.92. The predicted molar refractivity (Wildman–Crippen MR) is 78.0 cm³/mol. The zero-order valence-corrected chi connectivity index (χ0v) is 13.1. The molecule has 2 rings (SSSR count). The molecule has 1 atom stereocenters. The molecule has 0 unspecified atom stereocenters. The average molecular weight is 293 g/mol. The van der Waals surface area contributed by atoms with Crippen molar-refractivity contribution in [3.8, 4) is 0 Å². The fraction of sp³-hybridized carbons (Fsp3) is 0.714. The summed E-state index contributed by atoms with van der Waals surface area (Å²) >= 11 is 0. The van der Waals surface area contributed by atoms with Crippen molar-refractivity contribution in [1.82, 2.24) is 25.2 Å². The Labute approximate surface area is 124 Å². The summed E-state index contributed by atoms with van der Waals surface area (Å²) in [6.45, 7) is 9.75. The van der Waals surface area contributed by atoms with Gasteiger partial charge in [-0.1, -0.05) is 19.1 Å². The molecule has 1 aromatic heterocycles. The van der Waals surface area contributed by atoms with E-state index in [1.165, 1.54) is 0 Å². The highest BCUT2D eigenvalue weighted by atomic mass is 16.2. The normalized spacial score (nSPS) is 17.6. The van der Waals surface area contributed by atoms with Crippen LogP contribution in [0, 0.1) is 5.92 Å².